The molecule has 0 fully saturated rings. The van der Waals surface area contributed by atoms with Crippen molar-refractivity contribution in [2.45, 2.75) is 0 Å². The minimum absolute atomic E-state index is 0.0370. The van der Waals surface area contributed by atoms with E-state index in [1.165, 1.54) is 24.4 Å². The van der Waals surface area contributed by atoms with Gasteiger partial charge in [0.25, 0.3) is 5.91 Å². The highest BCUT2D eigenvalue weighted by molar-refractivity contribution is 6.04. The molecule has 0 saturated heterocycles. The number of carbonyl (C=O) groups is 1. The van der Waals surface area contributed by atoms with E-state index < -0.39 is 5.82 Å². The molecule has 138 valence electrons. The molecular formula is C21H15FN4O2. The molecule has 1 amide bonds. The van der Waals surface area contributed by atoms with Crippen LogP contribution in [-0.2, 0) is 0 Å². The van der Waals surface area contributed by atoms with Gasteiger partial charge in [-0.3, -0.25) is 14.9 Å². The maximum Gasteiger partial charge on any atom is 0.257 e. The van der Waals surface area contributed by atoms with E-state index in [1.54, 1.807) is 36.5 Å². The molecule has 2 aromatic heterocycles. The van der Waals surface area contributed by atoms with Crippen molar-refractivity contribution in [2.24, 2.45) is 0 Å². The molecular weight excluding hydrogens is 359 g/mol. The smallest absolute Gasteiger partial charge is 0.257 e. The van der Waals surface area contributed by atoms with Crippen LogP contribution < -0.4 is 5.32 Å². The normalized spacial score (nSPS) is 10.6. The highest BCUT2D eigenvalue weighted by Crippen LogP contribution is 2.31. The van der Waals surface area contributed by atoms with Gasteiger partial charge >= 0.3 is 0 Å². The zero-order chi connectivity index (χ0) is 19.5. The van der Waals surface area contributed by atoms with E-state index in [9.17, 15) is 14.3 Å². The maximum absolute atomic E-state index is 13.5. The van der Waals surface area contributed by atoms with Gasteiger partial charge in [-0.05, 0) is 48.5 Å². The van der Waals surface area contributed by atoms with Gasteiger partial charge in [0.1, 0.15) is 11.6 Å². The fourth-order valence-corrected chi connectivity index (χ4v) is 2.76. The average molecular weight is 374 g/mol. The number of amides is 1. The molecule has 0 atom stereocenters. The van der Waals surface area contributed by atoms with Crippen LogP contribution in [0.1, 0.15) is 10.4 Å². The molecule has 28 heavy (non-hydrogen) atoms. The second-order valence-corrected chi connectivity index (χ2v) is 6.10. The third-order valence-electron chi connectivity index (χ3n) is 4.19. The van der Waals surface area contributed by atoms with Gasteiger partial charge in [-0.15, -0.1) is 0 Å². The Bertz CT molecular complexity index is 1120. The van der Waals surface area contributed by atoms with Gasteiger partial charge in [0.2, 0.25) is 0 Å². The number of hydrogen-bond acceptors (Lipinski definition) is 4. The summed E-state index contributed by atoms with van der Waals surface area (Å²) in [6.07, 6.45) is 3.10. The summed E-state index contributed by atoms with van der Waals surface area (Å²) in [5.41, 5.74) is 3.37. The summed E-state index contributed by atoms with van der Waals surface area (Å²) in [5.74, 6) is -0.729. The predicted octanol–water partition coefficient (Wildman–Crippen LogP) is 4.24. The summed E-state index contributed by atoms with van der Waals surface area (Å²) in [7, 11) is 0. The average Bonchev–Trinajstić information content (AvgIpc) is 3.21. The SMILES string of the molecule is O=C(Nc1ccc(-c2cc(-c3cc(F)ccc3O)[nH]n2)cc1)c1cccnc1. The van der Waals surface area contributed by atoms with Crippen LogP contribution in [0.2, 0.25) is 0 Å². The van der Waals surface area contributed by atoms with Crippen LogP contribution in [0.3, 0.4) is 0 Å². The quantitative estimate of drug-likeness (QED) is 0.498. The molecule has 0 saturated carbocycles. The van der Waals surface area contributed by atoms with Gasteiger partial charge in [0, 0.05) is 29.2 Å². The summed E-state index contributed by atoms with van der Waals surface area (Å²) in [4.78, 5) is 16.1. The number of carbonyl (C=O) groups excluding carboxylic acids is 1. The first-order chi connectivity index (χ1) is 13.6. The molecule has 7 heteroatoms. The van der Waals surface area contributed by atoms with Crippen molar-refractivity contribution in [3.63, 3.8) is 0 Å². The third kappa shape index (κ3) is 3.59. The number of benzene rings is 2. The van der Waals surface area contributed by atoms with Crippen LogP contribution >= 0.6 is 0 Å². The number of phenolic OH excluding ortho intramolecular Hbond substituents is 1. The lowest BCUT2D eigenvalue weighted by Crippen LogP contribution is -2.11. The van der Waals surface area contributed by atoms with E-state index in [0.717, 1.165) is 5.56 Å². The van der Waals surface area contributed by atoms with E-state index in [-0.39, 0.29) is 11.7 Å². The lowest BCUT2D eigenvalue weighted by atomic mass is 10.1. The Morgan fingerprint density at radius 1 is 1.07 bits per heavy atom. The third-order valence-corrected chi connectivity index (χ3v) is 4.19. The predicted molar refractivity (Wildman–Crippen MR) is 103 cm³/mol. The first kappa shape index (κ1) is 17.4. The number of H-pyrrole nitrogens is 1. The molecule has 0 bridgehead atoms. The molecule has 6 nitrogen and oxygen atoms in total. The highest BCUT2D eigenvalue weighted by atomic mass is 19.1. The number of aromatic amines is 1. The minimum atomic E-state index is -0.447. The second kappa shape index (κ2) is 7.32. The molecule has 0 aliphatic rings. The Labute approximate surface area is 159 Å². The molecule has 0 radical (unpaired) electrons. The molecule has 0 aliphatic heterocycles. The first-order valence-corrected chi connectivity index (χ1v) is 8.46. The van der Waals surface area contributed by atoms with E-state index >= 15 is 0 Å². The minimum Gasteiger partial charge on any atom is -0.507 e. The van der Waals surface area contributed by atoms with Crippen molar-refractivity contribution in [3.8, 4) is 28.3 Å². The van der Waals surface area contributed by atoms with E-state index in [2.05, 4.69) is 20.5 Å². The maximum atomic E-state index is 13.5. The first-order valence-electron chi connectivity index (χ1n) is 8.46. The summed E-state index contributed by atoms with van der Waals surface area (Å²) < 4.78 is 13.5. The van der Waals surface area contributed by atoms with Crippen LogP contribution in [0.5, 0.6) is 5.75 Å². The van der Waals surface area contributed by atoms with Crippen LogP contribution in [0, 0.1) is 5.82 Å². The molecule has 2 heterocycles. The van der Waals surface area contributed by atoms with E-state index in [1.807, 2.05) is 12.1 Å². The molecule has 3 N–H and O–H groups in total. The van der Waals surface area contributed by atoms with Gasteiger partial charge in [0.15, 0.2) is 0 Å². The standard InChI is InChI=1S/C21H15FN4O2/c22-15-5-8-20(27)17(10-15)19-11-18(25-26-19)13-3-6-16(7-4-13)24-21(28)14-2-1-9-23-12-14/h1-12,27H,(H,24,28)(H,25,26). The summed E-state index contributed by atoms with van der Waals surface area (Å²) in [5, 5.41) is 19.7. The summed E-state index contributed by atoms with van der Waals surface area (Å²) in [6, 6.07) is 16.0. The van der Waals surface area contributed by atoms with Crippen molar-refractivity contribution < 1.29 is 14.3 Å². The van der Waals surface area contributed by atoms with Crippen LogP contribution in [0.4, 0.5) is 10.1 Å². The Morgan fingerprint density at radius 2 is 1.89 bits per heavy atom. The van der Waals surface area contributed by atoms with Gasteiger partial charge in [-0.2, -0.15) is 5.10 Å². The number of hydrogen-bond donors (Lipinski definition) is 3. The fraction of sp³-hybridized carbons (Fsp3) is 0. The monoisotopic (exact) mass is 374 g/mol. The van der Waals surface area contributed by atoms with E-state index in [0.29, 0.717) is 28.2 Å². The van der Waals surface area contributed by atoms with Gasteiger partial charge in [0.05, 0.1) is 17.0 Å². The number of aromatic hydroxyl groups is 1. The number of nitrogens with zero attached hydrogens (tertiary/aromatic N) is 2. The zero-order valence-electron chi connectivity index (χ0n) is 14.6. The Balaban J connectivity index is 1.52. The summed E-state index contributed by atoms with van der Waals surface area (Å²) >= 11 is 0. The Hall–Kier alpha value is -4.00. The van der Waals surface area contributed by atoms with Crippen LogP contribution in [0.15, 0.2) is 73.1 Å². The second-order valence-electron chi connectivity index (χ2n) is 6.10. The zero-order valence-corrected chi connectivity index (χ0v) is 14.6. The van der Waals surface area contributed by atoms with Crippen LogP contribution in [0.25, 0.3) is 22.5 Å². The van der Waals surface area contributed by atoms with Crippen molar-refractivity contribution in [1.29, 1.82) is 0 Å². The lowest BCUT2D eigenvalue weighted by molar-refractivity contribution is 0.102. The number of phenols is 1. The number of halogens is 1. The van der Waals surface area contributed by atoms with Crippen molar-refractivity contribution in [3.05, 3.63) is 84.4 Å². The fourth-order valence-electron chi connectivity index (χ4n) is 2.76. The molecule has 0 aliphatic carbocycles. The number of pyridine rings is 1. The Kier molecular flexibility index (Phi) is 4.55. The number of nitrogens with one attached hydrogen (secondary N) is 2. The molecule has 2 aromatic carbocycles. The molecule has 0 spiro atoms. The van der Waals surface area contributed by atoms with Crippen LogP contribution in [-0.4, -0.2) is 26.2 Å². The largest absolute Gasteiger partial charge is 0.507 e. The number of anilines is 1. The van der Waals surface area contributed by atoms with Gasteiger partial charge in [-0.1, -0.05) is 12.1 Å². The van der Waals surface area contributed by atoms with Gasteiger partial charge < -0.3 is 10.4 Å². The number of rotatable bonds is 4. The lowest BCUT2D eigenvalue weighted by Gasteiger charge is -2.05. The summed E-state index contributed by atoms with van der Waals surface area (Å²) in [6.45, 7) is 0. The molecule has 4 rings (SSSR count). The highest BCUT2D eigenvalue weighted by Gasteiger charge is 2.11. The van der Waals surface area contributed by atoms with Gasteiger partial charge in [-0.25, -0.2) is 4.39 Å². The Morgan fingerprint density at radius 3 is 2.64 bits per heavy atom. The molecule has 0 unspecified atom stereocenters. The molecule has 4 aromatic rings. The van der Waals surface area contributed by atoms with Crippen molar-refractivity contribution in [1.82, 2.24) is 15.2 Å². The van der Waals surface area contributed by atoms with Crippen molar-refractivity contribution >= 4 is 11.6 Å². The van der Waals surface area contributed by atoms with Crippen molar-refractivity contribution in [2.75, 3.05) is 5.32 Å². The van der Waals surface area contributed by atoms with E-state index in [4.69, 9.17) is 0 Å². The number of aromatic nitrogens is 3. The topological polar surface area (TPSA) is 90.9 Å².